The third-order valence-corrected chi connectivity index (χ3v) is 5.30. The minimum Gasteiger partial charge on any atom is -0.476 e. The molecule has 6 nitrogen and oxygen atoms in total. The van der Waals surface area contributed by atoms with Crippen LogP contribution in [0.4, 0.5) is 10.1 Å². The Morgan fingerprint density at radius 1 is 1.25 bits per heavy atom. The minimum atomic E-state index is -0.886. The number of carbonyl (C=O) groups is 3. The number of terminal acetylenes is 1. The fourth-order valence-electron chi connectivity index (χ4n) is 3.32. The molecule has 0 bridgehead atoms. The van der Waals surface area contributed by atoms with Crippen LogP contribution >= 0.6 is 11.6 Å². The van der Waals surface area contributed by atoms with Gasteiger partial charge in [-0.1, -0.05) is 30.9 Å². The number of hydrogen-bond donors (Lipinski definition) is 0. The first-order valence-electron chi connectivity index (χ1n) is 10.6. The molecule has 0 N–H and O–H groups in total. The van der Waals surface area contributed by atoms with Gasteiger partial charge in [0.1, 0.15) is 11.6 Å². The average molecular weight is 464 g/mol. The number of imide groups is 1. The summed E-state index contributed by atoms with van der Waals surface area (Å²) in [5, 5.41) is -0.0543. The number of esters is 1. The zero-order valence-corrected chi connectivity index (χ0v) is 19.3. The molecule has 1 unspecified atom stereocenters. The smallest absolute Gasteiger partial charge is 0.334 e. The zero-order chi connectivity index (χ0) is 23.8. The molecule has 0 saturated heterocycles. The second kappa shape index (κ2) is 11.7. The van der Waals surface area contributed by atoms with Gasteiger partial charge in [0.15, 0.2) is 6.10 Å². The highest BCUT2D eigenvalue weighted by molar-refractivity contribution is 6.32. The van der Waals surface area contributed by atoms with Gasteiger partial charge in [-0.3, -0.25) is 9.59 Å². The normalized spacial score (nSPS) is 14.4. The van der Waals surface area contributed by atoms with Crippen LogP contribution in [0.15, 0.2) is 23.3 Å². The molecule has 0 fully saturated rings. The van der Waals surface area contributed by atoms with Gasteiger partial charge < -0.3 is 9.47 Å². The molecule has 0 aliphatic heterocycles. The SMILES string of the molecule is C#CC(C)Oc1cc(N(C(C)=O)C(=O)C2=C(C(=O)OCCCC)CCCC2)c(F)cc1Cl. The molecule has 8 heteroatoms. The van der Waals surface area contributed by atoms with Gasteiger partial charge >= 0.3 is 5.97 Å². The van der Waals surface area contributed by atoms with Crippen LogP contribution in [0, 0.1) is 18.2 Å². The van der Waals surface area contributed by atoms with Crippen molar-refractivity contribution in [3.8, 4) is 18.1 Å². The van der Waals surface area contributed by atoms with Gasteiger partial charge in [0.2, 0.25) is 5.91 Å². The van der Waals surface area contributed by atoms with Gasteiger partial charge in [-0.05, 0) is 45.1 Å². The van der Waals surface area contributed by atoms with Crippen LogP contribution in [0.25, 0.3) is 0 Å². The summed E-state index contributed by atoms with van der Waals surface area (Å²) in [4.78, 5) is 39.1. The molecule has 0 heterocycles. The third-order valence-electron chi connectivity index (χ3n) is 5.00. The predicted molar refractivity (Wildman–Crippen MR) is 120 cm³/mol. The van der Waals surface area contributed by atoms with Crippen molar-refractivity contribution in [2.75, 3.05) is 11.5 Å². The van der Waals surface area contributed by atoms with Gasteiger partial charge in [0, 0.05) is 24.1 Å². The molecule has 2 rings (SSSR count). The van der Waals surface area contributed by atoms with Crippen LogP contribution in [-0.2, 0) is 19.1 Å². The molecule has 0 aromatic heterocycles. The zero-order valence-electron chi connectivity index (χ0n) is 18.5. The van der Waals surface area contributed by atoms with Gasteiger partial charge in [-0.2, -0.15) is 0 Å². The summed E-state index contributed by atoms with van der Waals surface area (Å²) >= 11 is 6.05. The largest absolute Gasteiger partial charge is 0.476 e. The second-order valence-electron chi connectivity index (χ2n) is 7.47. The lowest BCUT2D eigenvalue weighted by Gasteiger charge is -2.26. The lowest BCUT2D eigenvalue weighted by atomic mass is 9.90. The van der Waals surface area contributed by atoms with E-state index in [1.54, 1.807) is 6.92 Å². The van der Waals surface area contributed by atoms with Crippen molar-refractivity contribution in [1.29, 1.82) is 0 Å². The second-order valence-corrected chi connectivity index (χ2v) is 7.88. The molecule has 2 amide bonds. The summed E-state index contributed by atoms with van der Waals surface area (Å²) in [5.41, 5.74) is 0.0556. The average Bonchev–Trinajstić information content (AvgIpc) is 2.76. The minimum absolute atomic E-state index is 0.0318. The first-order chi connectivity index (χ1) is 15.2. The lowest BCUT2D eigenvalue weighted by Crippen LogP contribution is -2.38. The Morgan fingerprint density at radius 2 is 1.91 bits per heavy atom. The fraction of sp³-hybridized carbons (Fsp3) is 0.458. The molecule has 1 aromatic rings. The number of ether oxygens (including phenoxy) is 2. The maximum atomic E-state index is 14.8. The van der Waals surface area contributed by atoms with E-state index in [1.165, 1.54) is 0 Å². The quantitative estimate of drug-likeness (QED) is 0.309. The first-order valence-corrected chi connectivity index (χ1v) is 10.9. The molecule has 0 radical (unpaired) electrons. The van der Waals surface area contributed by atoms with Crippen molar-refractivity contribution < 1.29 is 28.2 Å². The van der Waals surface area contributed by atoms with E-state index in [4.69, 9.17) is 27.5 Å². The van der Waals surface area contributed by atoms with Crippen molar-refractivity contribution >= 4 is 35.1 Å². The molecule has 1 aliphatic rings. The third kappa shape index (κ3) is 6.10. The van der Waals surface area contributed by atoms with Crippen LogP contribution in [0.3, 0.4) is 0 Å². The molecule has 1 aliphatic carbocycles. The van der Waals surface area contributed by atoms with Crippen molar-refractivity contribution in [3.63, 3.8) is 0 Å². The first kappa shape index (κ1) is 25.4. The Kier molecular flexibility index (Phi) is 9.27. The molecule has 1 aromatic carbocycles. The Morgan fingerprint density at radius 3 is 2.50 bits per heavy atom. The molecule has 0 saturated carbocycles. The fourth-order valence-corrected chi connectivity index (χ4v) is 3.52. The number of carbonyl (C=O) groups excluding carboxylic acids is 3. The Labute approximate surface area is 192 Å². The number of anilines is 1. The maximum Gasteiger partial charge on any atom is 0.334 e. The topological polar surface area (TPSA) is 72.9 Å². The number of rotatable bonds is 8. The van der Waals surface area contributed by atoms with Crippen LogP contribution in [0.2, 0.25) is 5.02 Å². The van der Waals surface area contributed by atoms with Crippen LogP contribution in [0.5, 0.6) is 5.75 Å². The van der Waals surface area contributed by atoms with Crippen molar-refractivity contribution in [1.82, 2.24) is 0 Å². The molecule has 1 atom stereocenters. The highest BCUT2D eigenvalue weighted by atomic mass is 35.5. The molecule has 0 spiro atoms. The van der Waals surface area contributed by atoms with E-state index >= 15 is 0 Å². The highest BCUT2D eigenvalue weighted by Gasteiger charge is 2.32. The maximum absolute atomic E-state index is 14.8. The standard InChI is InChI=1S/C24H27ClFNO5/c1-5-7-12-31-24(30)18-11-9-8-10-17(18)23(29)27(16(4)28)21-14-22(32-15(3)6-2)19(25)13-20(21)26/h2,13-15H,5,7-12H2,1,3-4H3. The van der Waals surface area contributed by atoms with Gasteiger partial charge in [0.05, 0.1) is 17.3 Å². The van der Waals surface area contributed by atoms with Crippen LogP contribution in [0.1, 0.15) is 59.3 Å². The van der Waals surface area contributed by atoms with Crippen molar-refractivity contribution in [3.05, 3.63) is 34.1 Å². The monoisotopic (exact) mass is 463 g/mol. The van der Waals surface area contributed by atoms with Crippen LogP contribution < -0.4 is 9.64 Å². The number of halogens is 2. The number of benzene rings is 1. The lowest BCUT2D eigenvalue weighted by molar-refractivity contribution is -0.140. The summed E-state index contributed by atoms with van der Waals surface area (Å²) < 4.78 is 25.6. The van der Waals surface area contributed by atoms with E-state index in [1.807, 2.05) is 6.92 Å². The van der Waals surface area contributed by atoms with E-state index < -0.39 is 29.7 Å². The van der Waals surface area contributed by atoms with E-state index in [-0.39, 0.29) is 40.6 Å². The molecular formula is C24H27ClFNO5. The number of amides is 2. The van der Waals surface area contributed by atoms with E-state index in [0.717, 1.165) is 25.5 Å². The predicted octanol–water partition coefficient (Wildman–Crippen LogP) is 4.97. The van der Waals surface area contributed by atoms with E-state index in [9.17, 15) is 18.8 Å². The molecule has 32 heavy (non-hydrogen) atoms. The molecule has 172 valence electrons. The summed E-state index contributed by atoms with van der Waals surface area (Å²) in [5.74, 6) is -0.556. The van der Waals surface area contributed by atoms with Gasteiger partial charge in [0.25, 0.3) is 5.91 Å². The Hall–Kier alpha value is -2.85. The van der Waals surface area contributed by atoms with E-state index in [0.29, 0.717) is 30.6 Å². The molecular weight excluding hydrogens is 437 g/mol. The highest BCUT2D eigenvalue weighted by Crippen LogP contribution is 2.35. The van der Waals surface area contributed by atoms with Gasteiger partial charge in [-0.25, -0.2) is 14.1 Å². The van der Waals surface area contributed by atoms with Gasteiger partial charge in [-0.15, -0.1) is 6.42 Å². The Bertz CT molecular complexity index is 966. The number of nitrogens with zero attached hydrogens (tertiary/aromatic N) is 1. The number of hydrogen-bond acceptors (Lipinski definition) is 5. The Balaban J connectivity index is 2.48. The summed E-state index contributed by atoms with van der Waals surface area (Å²) in [7, 11) is 0. The van der Waals surface area contributed by atoms with Crippen molar-refractivity contribution in [2.24, 2.45) is 0 Å². The van der Waals surface area contributed by atoms with Crippen molar-refractivity contribution in [2.45, 2.75) is 65.4 Å². The van der Waals surface area contributed by atoms with E-state index in [2.05, 4.69) is 5.92 Å². The number of unbranched alkanes of at least 4 members (excludes halogenated alkanes) is 1. The summed E-state index contributed by atoms with van der Waals surface area (Å²) in [6.45, 7) is 4.95. The van der Waals surface area contributed by atoms with Crippen LogP contribution in [-0.4, -0.2) is 30.5 Å². The summed E-state index contributed by atoms with van der Waals surface area (Å²) in [6, 6.07) is 2.11. The summed E-state index contributed by atoms with van der Waals surface area (Å²) in [6.07, 6.45) is 8.23.